The number of piperidine rings is 1. The molecule has 3 heterocycles. The van der Waals surface area contributed by atoms with E-state index in [9.17, 15) is 4.79 Å². The quantitative estimate of drug-likeness (QED) is 0.863. The lowest BCUT2D eigenvalue weighted by molar-refractivity contribution is 0.0656. The lowest BCUT2D eigenvalue weighted by atomic mass is 9.98. The van der Waals surface area contributed by atoms with Gasteiger partial charge in [-0.1, -0.05) is 6.92 Å². The van der Waals surface area contributed by atoms with E-state index in [2.05, 4.69) is 17.1 Å². The number of hydrogen-bond acceptors (Lipinski definition) is 4. The minimum Gasteiger partial charge on any atom is -0.475 e. The van der Waals surface area contributed by atoms with Gasteiger partial charge in [0.1, 0.15) is 5.76 Å². The van der Waals surface area contributed by atoms with Gasteiger partial charge in [-0.15, -0.1) is 0 Å². The molecule has 5 heteroatoms. The fourth-order valence-corrected chi connectivity index (χ4v) is 3.60. The van der Waals surface area contributed by atoms with E-state index >= 15 is 0 Å². The number of carboxylic acids is 1. The fourth-order valence-electron chi connectivity index (χ4n) is 3.60. The molecule has 0 radical (unpaired) electrons. The van der Waals surface area contributed by atoms with E-state index in [4.69, 9.17) is 9.52 Å². The van der Waals surface area contributed by atoms with Gasteiger partial charge in [0.05, 0.1) is 6.54 Å². The van der Waals surface area contributed by atoms with Crippen molar-refractivity contribution >= 4 is 5.97 Å². The van der Waals surface area contributed by atoms with Crippen LogP contribution >= 0.6 is 0 Å². The zero-order valence-electron chi connectivity index (χ0n) is 11.8. The van der Waals surface area contributed by atoms with Crippen LogP contribution in [0.25, 0.3) is 0 Å². The van der Waals surface area contributed by atoms with E-state index in [1.807, 2.05) is 0 Å². The van der Waals surface area contributed by atoms with Crippen LogP contribution in [0.5, 0.6) is 0 Å². The Morgan fingerprint density at radius 2 is 2.10 bits per heavy atom. The number of nitrogens with one attached hydrogen (secondary N) is 1. The summed E-state index contributed by atoms with van der Waals surface area (Å²) in [6, 6.07) is 5.23. The van der Waals surface area contributed by atoms with Crippen molar-refractivity contribution in [3.63, 3.8) is 0 Å². The molecule has 20 heavy (non-hydrogen) atoms. The number of carbonyl (C=O) groups is 1. The highest BCUT2D eigenvalue weighted by molar-refractivity contribution is 5.84. The van der Waals surface area contributed by atoms with Crippen molar-refractivity contribution in [2.75, 3.05) is 6.54 Å². The second-order valence-electron chi connectivity index (χ2n) is 5.90. The lowest BCUT2D eigenvalue weighted by Crippen LogP contribution is -2.47. The molecule has 2 fully saturated rings. The maximum absolute atomic E-state index is 10.8. The van der Waals surface area contributed by atoms with Gasteiger partial charge in [0.2, 0.25) is 5.76 Å². The minimum absolute atomic E-state index is 0.0291. The van der Waals surface area contributed by atoms with Gasteiger partial charge >= 0.3 is 5.97 Å². The van der Waals surface area contributed by atoms with Gasteiger partial charge in [-0.2, -0.15) is 0 Å². The molecule has 2 bridgehead atoms. The Morgan fingerprint density at radius 3 is 2.65 bits per heavy atom. The molecule has 2 saturated heterocycles. The molecule has 0 saturated carbocycles. The molecule has 0 amide bonds. The van der Waals surface area contributed by atoms with Crippen LogP contribution in [0.1, 0.15) is 48.9 Å². The van der Waals surface area contributed by atoms with E-state index in [0.717, 1.165) is 12.3 Å². The molecule has 1 aromatic heterocycles. The van der Waals surface area contributed by atoms with Crippen LogP contribution < -0.4 is 5.32 Å². The maximum atomic E-state index is 10.8. The monoisotopic (exact) mass is 278 g/mol. The van der Waals surface area contributed by atoms with Crippen LogP contribution in [-0.2, 0) is 6.54 Å². The van der Waals surface area contributed by atoms with Crippen LogP contribution in [0, 0.1) is 0 Å². The molecule has 1 aromatic rings. The summed E-state index contributed by atoms with van der Waals surface area (Å²) in [5.74, 6) is -0.226. The average Bonchev–Trinajstić information content (AvgIpc) is 3.03. The van der Waals surface area contributed by atoms with Crippen molar-refractivity contribution < 1.29 is 14.3 Å². The van der Waals surface area contributed by atoms with Crippen LogP contribution in [0.4, 0.5) is 0 Å². The molecule has 2 N–H and O–H groups in total. The van der Waals surface area contributed by atoms with Crippen molar-refractivity contribution in [1.29, 1.82) is 0 Å². The molecular formula is C15H22N2O3. The normalized spacial score (nSPS) is 29.0. The van der Waals surface area contributed by atoms with Crippen LogP contribution in [0.3, 0.4) is 0 Å². The standard InChI is InChI=1S/C15H22N2O3/c1-2-17(9-13-5-6-14(20-13)15(18)19)12-7-10-3-4-11(8-12)16-10/h5-6,10-12,16H,2-4,7-9H2,1H3,(H,18,19). The number of carboxylic acid groups (broad SMARTS) is 1. The smallest absolute Gasteiger partial charge is 0.371 e. The largest absolute Gasteiger partial charge is 0.475 e. The molecule has 2 atom stereocenters. The zero-order valence-corrected chi connectivity index (χ0v) is 11.8. The summed E-state index contributed by atoms with van der Waals surface area (Å²) in [4.78, 5) is 13.3. The number of aromatic carboxylic acids is 1. The van der Waals surface area contributed by atoms with Crippen molar-refractivity contribution in [3.05, 3.63) is 23.7 Å². The highest BCUT2D eigenvalue weighted by atomic mass is 16.4. The Kier molecular flexibility index (Phi) is 3.81. The molecule has 0 spiro atoms. The number of furan rings is 1. The zero-order chi connectivity index (χ0) is 14.1. The van der Waals surface area contributed by atoms with E-state index < -0.39 is 5.97 Å². The second kappa shape index (κ2) is 5.58. The lowest BCUT2D eigenvalue weighted by Gasteiger charge is -2.36. The summed E-state index contributed by atoms with van der Waals surface area (Å²) in [7, 11) is 0. The summed E-state index contributed by atoms with van der Waals surface area (Å²) in [5, 5.41) is 12.6. The van der Waals surface area contributed by atoms with Gasteiger partial charge in [-0.3, -0.25) is 4.90 Å². The number of fused-ring (bicyclic) bond motifs is 2. The molecule has 0 aromatic carbocycles. The highest BCUT2D eigenvalue weighted by Gasteiger charge is 2.35. The predicted molar refractivity (Wildman–Crippen MR) is 74.7 cm³/mol. The third-order valence-corrected chi connectivity index (χ3v) is 4.60. The number of nitrogens with zero attached hydrogens (tertiary/aromatic N) is 1. The number of hydrogen-bond donors (Lipinski definition) is 2. The first kappa shape index (κ1) is 13.6. The van der Waals surface area contributed by atoms with Crippen LogP contribution in [0.2, 0.25) is 0 Å². The Morgan fingerprint density at radius 1 is 1.40 bits per heavy atom. The molecular weight excluding hydrogens is 256 g/mol. The SMILES string of the molecule is CCN(Cc1ccc(C(=O)O)o1)C1CC2CCC(C1)N2. The van der Waals surface area contributed by atoms with Crippen molar-refractivity contribution in [2.24, 2.45) is 0 Å². The topological polar surface area (TPSA) is 65.7 Å². The van der Waals surface area contributed by atoms with E-state index in [0.29, 0.717) is 24.7 Å². The minimum atomic E-state index is -1.00. The van der Waals surface area contributed by atoms with E-state index in [-0.39, 0.29) is 5.76 Å². The molecule has 110 valence electrons. The van der Waals surface area contributed by atoms with Crippen molar-refractivity contribution in [2.45, 2.75) is 57.3 Å². The second-order valence-corrected chi connectivity index (χ2v) is 5.90. The van der Waals surface area contributed by atoms with Crippen molar-refractivity contribution in [1.82, 2.24) is 10.2 Å². The van der Waals surface area contributed by atoms with Gasteiger partial charge in [0.15, 0.2) is 0 Å². The summed E-state index contributed by atoms with van der Waals surface area (Å²) in [6.45, 7) is 3.83. The predicted octanol–water partition coefficient (Wildman–Crippen LogP) is 2.08. The van der Waals surface area contributed by atoms with Gasteiger partial charge in [-0.05, 0) is 44.4 Å². The maximum Gasteiger partial charge on any atom is 0.371 e. The molecule has 2 aliphatic heterocycles. The summed E-state index contributed by atoms with van der Waals surface area (Å²) < 4.78 is 5.38. The Bertz CT molecular complexity index is 473. The van der Waals surface area contributed by atoms with Crippen LogP contribution in [0.15, 0.2) is 16.5 Å². The van der Waals surface area contributed by atoms with E-state index in [1.54, 1.807) is 6.07 Å². The number of rotatable bonds is 5. The Labute approximate surface area is 118 Å². The third-order valence-electron chi connectivity index (χ3n) is 4.60. The Balaban J connectivity index is 1.65. The molecule has 5 nitrogen and oxygen atoms in total. The first-order valence-electron chi connectivity index (χ1n) is 7.47. The first-order chi connectivity index (χ1) is 9.65. The molecule has 0 aliphatic carbocycles. The fraction of sp³-hybridized carbons (Fsp3) is 0.667. The van der Waals surface area contributed by atoms with Gasteiger partial charge in [0, 0.05) is 18.1 Å². The molecule has 3 rings (SSSR count). The van der Waals surface area contributed by atoms with Gasteiger partial charge in [-0.25, -0.2) is 4.79 Å². The molecule has 2 unspecified atom stereocenters. The van der Waals surface area contributed by atoms with Gasteiger partial charge in [0.25, 0.3) is 0 Å². The summed E-state index contributed by atoms with van der Waals surface area (Å²) in [6.07, 6.45) is 4.97. The van der Waals surface area contributed by atoms with Crippen molar-refractivity contribution in [3.8, 4) is 0 Å². The average molecular weight is 278 g/mol. The molecule has 2 aliphatic rings. The highest BCUT2D eigenvalue weighted by Crippen LogP contribution is 2.30. The van der Waals surface area contributed by atoms with Gasteiger partial charge < -0.3 is 14.8 Å². The summed E-state index contributed by atoms with van der Waals surface area (Å²) in [5.41, 5.74) is 0. The van der Waals surface area contributed by atoms with E-state index in [1.165, 1.54) is 31.7 Å². The Hall–Kier alpha value is -1.33. The third kappa shape index (κ3) is 2.74. The summed E-state index contributed by atoms with van der Waals surface area (Å²) >= 11 is 0. The van der Waals surface area contributed by atoms with Crippen LogP contribution in [-0.4, -0.2) is 40.6 Å². The first-order valence-corrected chi connectivity index (χ1v) is 7.47.